The Hall–Kier alpha value is -1.83. The largest absolute Gasteiger partial charge is 0.383 e. The van der Waals surface area contributed by atoms with Gasteiger partial charge in [0.1, 0.15) is 5.82 Å². The Kier molecular flexibility index (Phi) is 5.23. The lowest BCUT2D eigenvalue weighted by Crippen LogP contribution is -2.19. The number of benzene rings is 2. The van der Waals surface area contributed by atoms with E-state index in [2.05, 4.69) is 20.9 Å². The molecule has 0 atom stereocenters. The Labute approximate surface area is 150 Å². The van der Waals surface area contributed by atoms with Crippen LogP contribution in [0.3, 0.4) is 0 Å². The zero-order valence-electron chi connectivity index (χ0n) is 12.8. The highest BCUT2D eigenvalue weighted by atomic mass is 79.9. The van der Waals surface area contributed by atoms with E-state index in [0.717, 1.165) is 14.7 Å². The van der Waals surface area contributed by atoms with Crippen LogP contribution in [0.4, 0.5) is 4.39 Å². The maximum absolute atomic E-state index is 13.5. The molecule has 0 bridgehead atoms. The minimum absolute atomic E-state index is 0.312. The number of rotatable bonds is 4. The molecule has 0 unspecified atom stereocenters. The van der Waals surface area contributed by atoms with Gasteiger partial charge in [-0.2, -0.15) is 4.99 Å². The summed E-state index contributed by atoms with van der Waals surface area (Å²) in [7, 11) is 1.61. The van der Waals surface area contributed by atoms with E-state index in [0.29, 0.717) is 23.5 Å². The van der Waals surface area contributed by atoms with Gasteiger partial charge in [-0.1, -0.05) is 27.3 Å². The van der Waals surface area contributed by atoms with Gasteiger partial charge < -0.3 is 9.30 Å². The minimum Gasteiger partial charge on any atom is -0.383 e. The van der Waals surface area contributed by atoms with Gasteiger partial charge >= 0.3 is 0 Å². The summed E-state index contributed by atoms with van der Waals surface area (Å²) in [4.78, 5) is 17.2. The van der Waals surface area contributed by atoms with Gasteiger partial charge in [-0.3, -0.25) is 4.79 Å². The van der Waals surface area contributed by atoms with Crippen LogP contribution in [0.25, 0.3) is 10.2 Å². The van der Waals surface area contributed by atoms with Gasteiger partial charge in [-0.15, -0.1) is 0 Å². The van der Waals surface area contributed by atoms with Gasteiger partial charge in [0.05, 0.1) is 16.8 Å². The lowest BCUT2D eigenvalue weighted by Gasteiger charge is -2.04. The molecular formula is C17H14BrFN2O2S. The number of carbonyl (C=O) groups excluding carboxylic acids is 1. The third-order valence-corrected chi connectivity index (χ3v) is 5.02. The molecule has 0 aliphatic rings. The van der Waals surface area contributed by atoms with Crippen LogP contribution in [-0.2, 0) is 11.3 Å². The van der Waals surface area contributed by atoms with Crippen LogP contribution in [0.1, 0.15) is 10.4 Å². The number of thiazole rings is 1. The molecule has 24 heavy (non-hydrogen) atoms. The van der Waals surface area contributed by atoms with E-state index >= 15 is 0 Å². The van der Waals surface area contributed by atoms with Crippen LogP contribution >= 0.6 is 27.3 Å². The number of halogens is 2. The van der Waals surface area contributed by atoms with Crippen LogP contribution in [0.5, 0.6) is 0 Å². The number of carbonyl (C=O) groups is 1. The van der Waals surface area contributed by atoms with Crippen molar-refractivity contribution >= 4 is 43.4 Å². The molecule has 0 spiro atoms. The second-order valence-electron chi connectivity index (χ2n) is 5.06. The van der Waals surface area contributed by atoms with Crippen molar-refractivity contribution in [1.29, 1.82) is 0 Å². The Morgan fingerprint density at radius 1 is 1.29 bits per heavy atom. The molecule has 0 fully saturated rings. The van der Waals surface area contributed by atoms with Gasteiger partial charge in [-0.25, -0.2) is 4.39 Å². The Bertz CT molecular complexity index is 947. The van der Waals surface area contributed by atoms with Crippen molar-refractivity contribution in [2.24, 2.45) is 4.99 Å². The summed E-state index contributed by atoms with van der Waals surface area (Å²) in [6.07, 6.45) is 0. The number of fused-ring (bicyclic) bond motifs is 1. The van der Waals surface area contributed by atoms with Gasteiger partial charge in [0.2, 0.25) is 0 Å². The molecule has 1 heterocycles. The predicted octanol–water partition coefficient (Wildman–Crippen LogP) is 3.99. The second kappa shape index (κ2) is 7.38. The van der Waals surface area contributed by atoms with Crippen LogP contribution in [0, 0.1) is 5.82 Å². The quantitative estimate of drug-likeness (QED) is 0.654. The fourth-order valence-corrected chi connectivity index (χ4v) is 3.62. The van der Waals surface area contributed by atoms with Crippen molar-refractivity contribution in [3.05, 3.63) is 63.1 Å². The minimum atomic E-state index is -0.333. The van der Waals surface area contributed by atoms with Crippen molar-refractivity contribution < 1.29 is 13.9 Å². The SMILES string of the molecule is COCCn1c(=NC(=O)c2ccc(Br)cc2)sc2cc(F)ccc21. The number of methoxy groups -OCH3 is 1. The first-order chi connectivity index (χ1) is 11.6. The number of amides is 1. The highest BCUT2D eigenvalue weighted by Gasteiger charge is 2.10. The van der Waals surface area contributed by atoms with Crippen LogP contribution < -0.4 is 4.80 Å². The second-order valence-corrected chi connectivity index (χ2v) is 6.99. The summed E-state index contributed by atoms with van der Waals surface area (Å²) in [6, 6.07) is 11.6. The van der Waals surface area contributed by atoms with Crippen LogP contribution in [0.2, 0.25) is 0 Å². The first kappa shape index (κ1) is 17.0. The van der Waals surface area contributed by atoms with E-state index in [4.69, 9.17) is 4.74 Å². The maximum atomic E-state index is 13.5. The maximum Gasteiger partial charge on any atom is 0.279 e. The van der Waals surface area contributed by atoms with E-state index < -0.39 is 0 Å². The molecule has 4 nitrogen and oxygen atoms in total. The molecule has 0 radical (unpaired) electrons. The third-order valence-electron chi connectivity index (χ3n) is 3.45. The normalized spacial score (nSPS) is 12.0. The molecular weight excluding hydrogens is 395 g/mol. The van der Waals surface area contributed by atoms with E-state index in [1.807, 2.05) is 4.57 Å². The molecule has 1 amide bonds. The van der Waals surface area contributed by atoms with E-state index in [9.17, 15) is 9.18 Å². The van der Waals surface area contributed by atoms with Crippen LogP contribution in [-0.4, -0.2) is 24.2 Å². The highest BCUT2D eigenvalue weighted by Crippen LogP contribution is 2.19. The number of nitrogens with zero attached hydrogens (tertiary/aromatic N) is 2. The van der Waals surface area contributed by atoms with E-state index in [1.165, 1.54) is 23.5 Å². The lowest BCUT2D eigenvalue weighted by molar-refractivity contribution is 0.0997. The number of aromatic nitrogens is 1. The number of hydrogen-bond donors (Lipinski definition) is 0. The van der Waals surface area contributed by atoms with Gasteiger partial charge in [0.15, 0.2) is 4.80 Å². The molecule has 0 aliphatic heterocycles. The first-order valence-corrected chi connectivity index (χ1v) is 8.82. The van der Waals surface area contributed by atoms with Gasteiger partial charge in [0.25, 0.3) is 5.91 Å². The Morgan fingerprint density at radius 3 is 2.75 bits per heavy atom. The van der Waals surface area contributed by atoms with Crippen molar-refractivity contribution in [2.45, 2.75) is 6.54 Å². The fourth-order valence-electron chi connectivity index (χ4n) is 2.27. The smallest absolute Gasteiger partial charge is 0.279 e. The molecule has 2 aromatic carbocycles. The monoisotopic (exact) mass is 408 g/mol. The van der Waals surface area contributed by atoms with E-state index in [-0.39, 0.29) is 11.7 Å². The summed E-state index contributed by atoms with van der Waals surface area (Å²) in [5.41, 5.74) is 1.33. The molecule has 0 saturated carbocycles. The number of hydrogen-bond acceptors (Lipinski definition) is 3. The zero-order chi connectivity index (χ0) is 17.1. The summed E-state index contributed by atoms with van der Waals surface area (Å²) < 4.78 is 22.1. The highest BCUT2D eigenvalue weighted by molar-refractivity contribution is 9.10. The molecule has 0 aliphatic carbocycles. The summed E-state index contributed by atoms with van der Waals surface area (Å²) >= 11 is 4.62. The first-order valence-electron chi connectivity index (χ1n) is 7.21. The average Bonchev–Trinajstić information content (AvgIpc) is 2.89. The zero-order valence-corrected chi connectivity index (χ0v) is 15.2. The van der Waals surface area contributed by atoms with Crippen molar-refractivity contribution in [1.82, 2.24) is 4.57 Å². The Balaban J connectivity index is 2.09. The fraction of sp³-hybridized carbons (Fsp3) is 0.176. The van der Waals surface area contributed by atoms with Crippen molar-refractivity contribution in [3.8, 4) is 0 Å². The Morgan fingerprint density at radius 2 is 2.04 bits per heavy atom. The molecule has 7 heteroatoms. The topological polar surface area (TPSA) is 43.6 Å². The number of ether oxygens (including phenoxy) is 1. The summed E-state index contributed by atoms with van der Waals surface area (Å²) in [5.74, 6) is -0.644. The molecule has 1 aromatic heterocycles. The van der Waals surface area contributed by atoms with Crippen molar-refractivity contribution in [2.75, 3.05) is 13.7 Å². The van der Waals surface area contributed by atoms with E-state index in [1.54, 1.807) is 37.4 Å². The summed E-state index contributed by atoms with van der Waals surface area (Å²) in [5, 5.41) is 0. The predicted molar refractivity (Wildman–Crippen MR) is 95.7 cm³/mol. The van der Waals surface area contributed by atoms with Crippen LogP contribution in [0.15, 0.2) is 51.9 Å². The molecule has 0 saturated heterocycles. The van der Waals surface area contributed by atoms with Crippen molar-refractivity contribution in [3.63, 3.8) is 0 Å². The molecule has 3 aromatic rings. The standard InChI is InChI=1S/C17H14BrFN2O2S/c1-23-9-8-21-14-7-6-13(19)10-15(14)24-17(21)20-16(22)11-2-4-12(18)5-3-11/h2-7,10H,8-9H2,1H3. The lowest BCUT2D eigenvalue weighted by atomic mass is 10.2. The average molecular weight is 409 g/mol. The summed E-state index contributed by atoms with van der Waals surface area (Å²) in [6.45, 7) is 1.01. The molecule has 0 N–H and O–H groups in total. The van der Waals surface area contributed by atoms with Gasteiger partial charge in [-0.05, 0) is 42.5 Å². The molecule has 3 rings (SSSR count). The third kappa shape index (κ3) is 3.63. The molecule has 124 valence electrons. The van der Waals surface area contributed by atoms with Gasteiger partial charge in [0, 0.05) is 23.7 Å².